The van der Waals surface area contributed by atoms with Crippen molar-refractivity contribution >= 4 is 29.0 Å². The Bertz CT molecular complexity index is 771. The van der Waals surface area contributed by atoms with Gasteiger partial charge in [0.05, 0.1) is 12.7 Å². The first kappa shape index (κ1) is 19.0. The van der Waals surface area contributed by atoms with Crippen molar-refractivity contribution in [2.75, 3.05) is 12.4 Å². The first-order valence-electron chi connectivity index (χ1n) is 8.18. The van der Waals surface area contributed by atoms with Crippen LogP contribution in [0.1, 0.15) is 48.5 Å². The molecule has 0 heterocycles. The lowest BCUT2D eigenvalue weighted by Gasteiger charge is -2.13. The fourth-order valence-electron chi connectivity index (χ4n) is 2.59. The van der Waals surface area contributed by atoms with Crippen molar-refractivity contribution < 1.29 is 14.3 Å². The molecule has 1 amide bonds. The number of halogens is 1. The number of carbonyl (C=O) groups is 2. The summed E-state index contributed by atoms with van der Waals surface area (Å²) in [5.74, 6) is 0.392. The molecule has 0 saturated heterocycles. The summed E-state index contributed by atoms with van der Waals surface area (Å²) in [7, 11) is 1.50. The molecule has 0 bridgehead atoms. The number of rotatable bonds is 7. The Labute approximate surface area is 153 Å². The van der Waals surface area contributed by atoms with Crippen LogP contribution < -0.4 is 10.1 Å². The van der Waals surface area contributed by atoms with Crippen molar-refractivity contribution in [2.24, 2.45) is 0 Å². The topological polar surface area (TPSA) is 55.4 Å². The molecule has 0 spiro atoms. The molecule has 2 rings (SSSR count). The number of anilines is 1. The molecule has 0 aromatic heterocycles. The van der Waals surface area contributed by atoms with Gasteiger partial charge >= 0.3 is 0 Å². The lowest BCUT2D eigenvalue weighted by atomic mass is 10.0. The largest absolute Gasteiger partial charge is 0.496 e. The summed E-state index contributed by atoms with van der Waals surface area (Å²) in [6.45, 7) is 4.14. The molecule has 5 heteroatoms. The van der Waals surface area contributed by atoms with Crippen molar-refractivity contribution in [3.05, 3.63) is 58.6 Å². The molecule has 0 saturated carbocycles. The third kappa shape index (κ3) is 5.07. The van der Waals surface area contributed by atoms with Crippen molar-refractivity contribution in [2.45, 2.75) is 32.6 Å². The van der Waals surface area contributed by atoms with Gasteiger partial charge in [-0.2, -0.15) is 0 Å². The number of ether oxygens (including phenoxy) is 1. The summed E-state index contributed by atoms with van der Waals surface area (Å²) in [6.07, 6.45) is 0.188. The smallest absolute Gasteiger partial charge is 0.224 e. The van der Waals surface area contributed by atoms with E-state index in [1.807, 2.05) is 24.3 Å². The van der Waals surface area contributed by atoms with E-state index in [1.165, 1.54) is 7.11 Å². The molecule has 25 heavy (non-hydrogen) atoms. The van der Waals surface area contributed by atoms with Crippen LogP contribution in [0.4, 0.5) is 5.69 Å². The van der Waals surface area contributed by atoms with E-state index in [-0.39, 0.29) is 24.5 Å². The Kier molecular flexibility index (Phi) is 6.59. The molecule has 2 aromatic carbocycles. The van der Waals surface area contributed by atoms with Gasteiger partial charge in [-0.25, -0.2) is 0 Å². The zero-order chi connectivity index (χ0) is 18.4. The van der Waals surface area contributed by atoms with Gasteiger partial charge in [0.15, 0.2) is 5.78 Å². The van der Waals surface area contributed by atoms with E-state index in [0.29, 0.717) is 22.3 Å². The summed E-state index contributed by atoms with van der Waals surface area (Å²) < 4.78 is 5.19. The van der Waals surface area contributed by atoms with Gasteiger partial charge in [-0.05, 0) is 35.7 Å². The van der Waals surface area contributed by atoms with Gasteiger partial charge in [-0.1, -0.05) is 43.6 Å². The Morgan fingerprint density at radius 2 is 1.84 bits per heavy atom. The molecule has 0 atom stereocenters. The second-order valence-corrected chi connectivity index (χ2v) is 6.49. The Morgan fingerprint density at radius 3 is 2.52 bits per heavy atom. The van der Waals surface area contributed by atoms with Crippen LogP contribution in [-0.4, -0.2) is 18.8 Å². The number of methoxy groups -OCH3 is 1. The predicted molar refractivity (Wildman–Crippen MR) is 101 cm³/mol. The second-order valence-electron chi connectivity index (χ2n) is 6.06. The van der Waals surface area contributed by atoms with E-state index in [2.05, 4.69) is 19.2 Å². The fraction of sp³-hybridized carbons (Fsp3) is 0.300. The molecule has 0 unspecified atom stereocenters. The molecule has 0 aliphatic carbocycles. The van der Waals surface area contributed by atoms with Crippen LogP contribution in [0.5, 0.6) is 5.75 Å². The first-order valence-corrected chi connectivity index (χ1v) is 8.55. The maximum atomic E-state index is 12.4. The maximum absolute atomic E-state index is 12.4. The van der Waals surface area contributed by atoms with Gasteiger partial charge in [0.1, 0.15) is 5.75 Å². The van der Waals surface area contributed by atoms with Gasteiger partial charge in [0.25, 0.3) is 0 Å². The normalized spacial score (nSPS) is 10.6. The quantitative estimate of drug-likeness (QED) is 0.702. The lowest BCUT2D eigenvalue weighted by molar-refractivity contribution is -0.116. The number of ketones is 1. The van der Waals surface area contributed by atoms with Crippen molar-refractivity contribution in [1.29, 1.82) is 0 Å². The van der Waals surface area contributed by atoms with Crippen LogP contribution in [0.3, 0.4) is 0 Å². The van der Waals surface area contributed by atoms with E-state index in [0.717, 1.165) is 11.3 Å². The molecule has 2 aromatic rings. The van der Waals surface area contributed by atoms with Crippen LogP contribution >= 0.6 is 11.6 Å². The molecular formula is C20H22ClNO3. The minimum atomic E-state index is -0.192. The Morgan fingerprint density at radius 1 is 1.12 bits per heavy atom. The van der Waals surface area contributed by atoms with Crippen molar-refractivity contribution in [3.8, 4) is 5.75 Å². The molecule has 0 aliphatic heterocycles. The molecule has 132 valence electrons. The number of carbonyl (C=O) groups excluding carboxylic acids is 2. The number of hydrogen-bond donors (Lipinski definition) is 1. The number of benzene rings is 2. The third-order valence-corrected chi connectivity index (χ3v) is 4.13. The van der Waals surface area contributed by atoms with Crippen molar-refractivity contribution in [3.63, 3.8) is 0 Å². The highest BCUT2D eigenvalue weighted by atomic mass is 35.5. The van der Waals surface area contributed by atoms with Crippen LogP contribution in [0.15, 0.2) is 42.5 Å². The monoisotopic (exact) mass is 359 g/mol. The number of nitrogens with one attached hydrogen (secondary N) is 1. The van der Waals surface area contributed by atoms with Crippen molar-refractivity contribution in [1.82, 2.24) is 0 Å². The minimum absolute atomic E-state index is 0.0897. The van der Waals surface area contributed by atoms with Gasteiger partial charge in [-0.15, -0.1) is 0 Å². The third-order valence-electron chi connectivity index (χ3n) is 3.90. The predicted octanol–water partition coefficient (Wildman–Crippen LogP) is 5.07. The average Bonchev–Trinajstić information content (AvgIpc) is 2.60. The number of amides is 1. The zero-order valence-electron chi connectivity index (χ0n) is 14.6. The average molecular weight is 360 g/mol. The zero-order valence-corrected chi connectivity index (χ0v) is 15.4. The van der Waals surface area contributed by atoms with E-state index in [9.17, 15) is 9.59 Å². The second kappa shape index (κ2) is 8.67. The molecule has 1 N–H and O–H groups in total. The van der Waals surface area contributed by atoms with E-state index in [1.54, 1.807) is 18.2 Å². The molecular weight excluding hydrogens is 338 g/mol. The Hall–Kier alpha value is -2.33. The highest BCUT2D eigenvalue weighted by molar-refractivity contribution is 6.31. The fourth-order valence-corrected chi connectivity index (χ4v) is 2.76. The summed E-state index contributed by atoms with van der Waals surface area (Å²) in [5.41, 5.74) is 2.25. The van der Waals surface area contributed by atoms with Gasteiger partial charge < -0.3 is 10.1 Å². The van der Waals surface area contributed by atoms with Gasteiger partial charge in [-0.3, -0.25) is 9.59 Å². The van der Waals surface area contributed by atoms with Crippen LogP contribution in [-0.2, 0) is 4.79 Å². The molecule has 0 aliphatic rings. The molecule has 0 radical (unpaired) electrons. The van der Waals surface area contributed by atoms with Crippen LogP contribution in [0.25, 0.3) is 0 Å². The number of Topliss-reactive ketones (excluding diaryl/α,β-unsaturated/α-hetero) is 1. The first-order chi connectivity index (χ1) is 11.9. The van der Waals surface area contributed by atoms with E-state index < -0.39 is 0 Å². The highest BCUT2D eigenvalue weighted by Crippen LogP contribution is 2.25. The maximum Gasteiger partial charge on any atom is 0.224 e. The SMILES string of the molecule is COc1ccc(Cl)cc1C(=O)CCC(=O)Nc1ccccc1C(C)C. The number of para-hydroxylation sites is 1. The van der Waals surface area contributed by atoms with E-state index in [4.69, 9.17) is 16.3 Å². The summed E-state index contributed by atoms with van der Waals surface area (Å²) in [6, 6.07) is 12.6. The van der Waals surface area contributed by atoms with Gasteiger partial charge in [0, 0.05) is 23.6 Å². The van der Waals surface area contributed by atoms with Crippen LogP contribution in [0.2, 0.25) is 5.02 Å². The molecule has 4 nitrogen and oxygen atoms in total. The van der Waals surface area contributed by atoms with Gasteiger partial charge in [0.2, 0.25) is 5.91 Å². The van der Waals surface area contributed by atoms with E-state index >= 15 is 0 Å². The molecule has 0 fully saturated rings. The highest BCUT2D eigenvalue weighted by Gasteiger charge is 2.15. The standard InChI is InChI=1S/C20H22ClNO3/c1-13(2)15-6-4-5-7-17(15)22-20(24)11-9-18(23)16-12-14(21)8-10-19(16)25-3/h4-8,10,12-13H,9,11H2,1-3H3,(H,22,24). The minimum Gasteiger partial charge on any atom is -0.496 e. The summed E-state index contributed by atoms with van der Waals surface area (Å²) >= 11 is 5.95. The summed E-state index contributed by atoms with van der Waals surface area (Å²) in [5, 5.41) is 3.35. The number of hydrogen-bond acceptors (Lipinski definition) is 3. The Balaban J connectivity index is 2.01. The van der Waals surface area contributed by atoms with Crippen LogP contribution in [0, 0.1) is 0 Å². The summed E-state index contributed by atoms with van der Waals surface area (Å²) in [4.78, 5) is 24.6. The lowest BCUT2D eigenvalue weighted by Crippen LogP contribution is -2.15.